The van der Waals surface area contributed by atoms with Gasteiger partial charge in [0.15, 0.2) is 0 Å². The van der Waals surface area contributed by atoms with Crippen molar-refractivity contribution in [3.63, 3.8) is 0 Å². The van der Waals surface area contributed by atoms with E-state index in [0.29, 0.717) is 28.6 Å². The second-order valence-corrected chi connectivity index (χ2v) is 4.17. The summed E-state index contributed by atoms with van der Waals surface area (Å²) in [5, 5.41) is 19.9. The third-order valence-corrected chi connectivity index (χ3v) is 2.82. The van der Waals surface area contributed by atoms with E-state index in [1.165, 1.54) is 7.11 Å². The zero-order valence-electron chi connectivity index (χ0n) is 8.86. The van der Waals surface area contributed by atoms with Crippen LogP contribution in [0.3, 0.4) is 0 Å². The van der Waals surface area contributed by atoms with Gasteiger partial charge in [0.1, 0.15) is 11.9 Å². The first-order valence-electron chi connectivity index (χ1n) is 4.85. The van der Waals surface area contributed by atoms with Gasteiger partial charge < -0.3 is 14.9 Å². The molecule has 0 aromatic heterocycles. The third kappa shape index (κ3) is 3.25. The van der Waals surface area contributed by atoms with Gasteiger partial charge in [-0.15, -0.1) is 11.6 Å². The summed E-state index contributed by atoms with van der Waals surface area (Å²) >= 11 is 11.3. The van der Waals surface area contributed by atoms with Crippen LogP contribution in [0, 0.1) is 0 Å². The van der Waals surface area contributed by atoms with Gasteiger partial charge in [-0.3, -0.25) is 0 Å². The Morgan fingerprint density at radius 3 is 2.62 bits per heavy atom. The molecule has 0 saturated carbocycles. The fourth-order valence-corrected chi connectivity index (χ4v) is 1.77. The van der Waals surface area contributed by atoms with E-state index in [4.69, 9.17) is 27.9 Å². The number of rotatable bonds is 5. The van der Waals surface area contributed by atoms with E-state index in [1.807, 2.05) is 0 Å². The third-order valence-electron chi connectivity index (χ3n) is 2.29. The van der Waals surface area contributed by atoms with E-state index in [2.05, 4.69) is 0 Å². The van der Waals surface area contributed by atoms with Gasteiger partial charge in [0.2, 0.25) is 0 Å². The lowest BCUT2D eigenvalue weighted by Crippen LogP contribution is -2.18. The minimum atomic E-state index is -0.982. The maximum Gasteiger partial charge on any atom is 0.137 e. The zero-order valence-corrected chi connectivity index (χ0v) is 10.4. The van der Waals surface area contributed by atoms with Crippen molar-refractivity contribution >= 4 is 23.2 Å². The molecular formula is C11H14Cl2O3. The topological polar surface area (TPSA) is 49.7 Å². The van der Waals surface area contributed by atoms with Crippen molar-refractivity contribution in [2.24, 2.45) is 0 Å². The van der Waals surface area contributed by atoms with E-state index in [-0.39, 0.29) is 0 Å². The van der Waals surface area contributed by atoms with E-state index in [1.54, 1.807) is 18.2 Å². The van der Waals surface area contributed by atoms with Crippen molar-refractivity contribution in [3.05, 3.63) is 28.8 Å². The summed E-state index contributed by atoms with van der Waals surface area (Å²) in [5.74, 6) is 0.763. The number of aliphatic hydroxyl groups excluding tert-OH is 2. The highest BCUT2D eigenvalue weighted by Crippen LogP contribution is 2.29. The molecule has 0 radical (unpaired) electrons. The lowest BCUT2D eigenvalue weighted by Gasteiger charge is -2.18. The van der Waals surface area contributed by atoms with Gasteiger partial charge in [-0.25, -0.2) is 0 Å². The van der Waals surface area contributed by atoms with Crippen LogP contribution in [0.25, 0.3) is 0 Å². The molecule has 2 unspecified atom stereocenters. The van der Waals surface area contributed by atoms with Gasteiger partial charge in [-0.1, -0.05) is 17.7 Å². The summed E-state index contributed by atoms with van der Waals surface area (Å²) in [6.45, 7) is 0. The Morgan fingerprint density at radius 2 is 2.06 bits per heavy atom. The largest absolute Gasteiger partial charge is 0.495 e. The Kier molecular flexibility index (Phi) is 5.35. The molecule has 0 fully saturated rings. The molecular weight excluding hydrogens is 251 g/mol. The molecule has 1 aromatic carbocycles. The Hall–Kier alpha value is -0.480. The molecule has 0 amide bonds. The SMILES string of the molecule is COc1cc(C(O)C(O)CCCl)ccc1Cl. The monoisotopic (exact) mass is 264 g/mol. The molecule has 0 heterocycles. The first-order valence-corrected chi connectivity index (χ1v) is 5.77. The molecule has 5 heteroatoms. The number of halogens is 2. The van der Waals surface area contributed by atoms with Gasteiger partial charge in [0, 0.05) is 5.88 Å². The molecule has 0 bridgehead atoms. The van der Waals surface area contributed by atoms with Gasteiger partial charge in [0.05, 0.1) is 18.2 Å². The standard InChI is InChI=1S/C11H14Cl2O3/c1-16-10-6-7(2-3-8(10)13)11(15)9(14)4-5-12/h2-3,6,9,11,14-15H,4-5H2,1H3. The van der Waals surface area contributed by atoms with E-state index < -0.39 is 12.2 Å². The van der Waals surface area contributed by atoms with Crippen molar-refractivity contribution in [3.8, 4) is 5.75 Å². The van der Waals surface area contributed by atoms with Crippen LogP contribution in [0.1, 0.15) is 18.1 Å². The second kappa shape index (κ2) is 6.30. The smallest absolute Gasteiger partial charge is 0.137 e. The van der Waals surface area contributed by atoms with Gasteiger partial charge in [-0.2, -0.15) is 0 Å². The molecule has 2 N–H and O–H groups in total. The highest BCUT2D eigenvalue weighted by atomic mass is 35.5. The number of benzene rings is 1. The Bertz CT molecular complexity index is 344. The van der Waals surface area contributed by atoms with Crippen molar-refractivity contribution in [2.45, 2.75) is 18.6 Å². The number of hydrogen-bond donors (Lipinski definition) is 2. The molecule has 3 nitrogen and oxygen atoms in total. The molecule has 2 atom stereocenters. The molecule has 16 heavy (non-hydrogen) atoms. The van der Waals surface area contributed by atoms with Gasteiger partial charge in [0.25, 0.3) is 0 Å². The van der Waals surface area contributed by atoms with E-state index in [0.717, 1.165) is 0 Å². The van der Waals surface area contributed by atoms with Crippen molar-refractivity contribution < 1.29 is 14.9 Å². The lowest BCUT2D eigenvalue weighted by molar-refractivity contribution is 0.0169. The fraction of sp³-hybridized carbons (Fsp3) is 0.455. The molecule has 0 aliphatic heterocycles. The van der Waals surface area contributed by atoms with Crippen molar-refractivity contribution in [1.82, 2.24) is 0 Å². The van der Waals surface area contributed by atoms with Gasteiger partial charge in [-0.05, 0) is 24.1 Å². The summed E-state index contributed by atoms with van der Waals surface area (Å²) in [5.41, 5.74) is 0.555. The molecule has 0 aliphatic carbocycles. The Labute approximate surface area is 105 Å². The molecule has 0 saturated heterocycles. The average Bonchev–Trinajstić information content (AvgIpc) is 2.29. The first kappa shape index (κ1) is 13.6. The van der Waals surface area contributed by atoms with Crippen LogP contribution < -0.4 is 4.74 Å². The summed E-state index contributed by atoms with van der Waals surface area (Å²) in [4.78, 5) is 0. The van der Waals surface area contributed by atoms with E-state index >= 15 is 0 Å². The number of ether oxygens (including phenoxy) is 1. The van der Waals surface area contributed by atoms with Crippen molar-refractivity contribution in [2.75, 3.05) is 13.0 Å². The maximum atomic E-state index is 9.82. The quantitative estimate of drug-likeness (QED) is 0.803. The number of alkyl halides is 1. The fourth-order valence-electron chi connectivity index (χ4n) is 1.35. The van der Waals surface area contributed by atoms with Crippen LogP contribution in [0.15, 0.2) is 18.2 Å². The second-order valence-electron chi connectivity index (χ2n) is 3.38. The highest BCUT2D eigenvalue weighted by Gasteiger charge is 2.18. The number of methoxy groups -OCH3 is 1. The summed E-state index contributed by atoms with van der Waals surface area (Å²) < 4.78 is 5.02. The lowest BCUT2D eigenvalue weighted by atomic mass is 10.0. The van der Waals surface area contributed by atoms with Crippen LogP contribution in [-0.2, 0) is 0 Å². The van der Waals surface area contributed by atoms with Crippen LogP contribution >= 0.6 is 23.2 Å². The minimum Gasteiger partial charge on any atom is -0.495 e. The highest BCUT2D eigenvalue weighted by molar-refractivity contribution is 6.32. The normalized spacial score (nSPS) is 14.6. The van der Waals surface area contributed by atoms with Crippen LogP contribution in [0.4, 0.5) is 0 Å². The summed E-state index contributed by atoms with van der Waals surface area (Å²) in [6, 6.07) is 4.86. The van der Waals surface area contributed by atoms with Gasteiger partial charge >= 0.3 is 0 Å². The van der Waals surface area contributed by atoms with E-state index in [9.17, 15) is 10.2 Å². The molecule has 0 spiro atoms. The molecule has 0 aliphatic rings. The van der Waals surface area contributed by atoms with Crippen LogP contribution in [0.2, 0.25) is 5.02 Å². The molecule has 1 aromatic rings. The maximum absolute atomic E-state index is 9.82. The summed E-state index contributed by atoms with van der Waals surface area (Å²) in [6.07, 6.45) is -1.54. The predicted octanol–water partition coefficient (Wildman–Crippen LogP) is 2.37. The minimum absolute atomic E-state index is 0.295. The van der Waals surface area contributed by atoms with Crippen molar-refractivity contribution in [1.29, 1.82) is 0 Å². The Balaban J connectivity index is 2.87. The molecule has 1 rings (SSSR count). The Morgan fingerprint density at radius 1 is 1.38 bits per heavy atom. The zero-order chi connectivity index (χ0) is 12.1. The number of aliphatic hydroxyl groups is 2. The van der Waals surface area contributed by atoms with Crippen LogP contribution in [0.5, 0.6) is 5.75 Å². The predicted molar refractivity (Wildman–Crippen MR) is 64.3 cm³/mol. The summed E-state index contributed by atoms with van der Waals surface area (Å²) in [7, 11) is 1.49. The van der Waals surface area contributed by atoms with Crippen LogP contribution in [-0.4, -0.2) is 29.3 Å². The number of hydrogen-bond acceptors (Lipinski definition) is 3. The molecule has 90 valence electrons. The average molecular weight is 265 g/mol. The first-order chi connectivity index (χ1) is 7.60.